The molecule has 2 heteroatoms. The first-order valence-electron chi connectivity index (χ1n) is 9.75. The van der Waals surface area contributed by atoms with Crippen molar-refractivity contribution in [2.45, 2.75) is 104 Å². The molecule has 2 aliphatic carbocycles. The average Bonchev–Trinajstić information content (AvgIpc) is 3.02. The lowest BCUT2D eigenvalue weighted by Gasteiger charge is -2.39. The maximum atomic E-state index is 6.49. The van der Waals surface area contributed by atoms with Crippen LogP contribution < -0.4 is 0 Å². The summed E-state index contributed by atoms with van der Waals surface area (Å²) in [7, 11) is 0. The van der Waals surface area contributed by atoms with Crippen molar-refractivity contribution >= 4 is 0 Å². The van der Waals surface area contributed by atoms with Crippen molar-refractivity contribution in [2.24, 2.45) is 22.7 Å². The number of ether oxygens (including phenoxy) is 2. The van der Waals surface area contributed by atoms with Gasteiger partial charge in [0.1, 0.15) is 0 Å². The van der Waals surface area contributed by atoms with E-state index in [0.29, 0.717) is 23.0 Å². The second-order valence-electron chi connectivity index (χ2n) is 8.86. The van der Waals surface area contributed by atoms with Crippen LogP contribution in [-0.4, -0.2) is 18.5 Å². The highest BCUT2D eigenvalue weighted by Gasteiger charge is 2.69. The summed E-state index contributed by atoms with van der Waals surface area (Å²) in [6.07, 6.45) is 10.9. The van der Waals surface area contributed by atoms with E-state index >= 15 is 0 Å². The summed E-state index contributed by atoms with van der Waals surface area (Å²) in [5.41, 5.74) is 0.808. The molecule has 2 nitrogen and oxygen atoms in total. The molecule has 0 spiro atoms. The molecule has 128 valence electrons. The first-order chi connectivity index (χ1) is 10.4. The third kappa shape index (κ3) is 2.45. The van der Waals surface area contributed by atoms with Gasteiger partial charge in [-0.15, -0.1) is 0 Å². The number of unbranched alkanes of at least 4 members (excludes halogenated alkanes) is 1. The highest BCUT2D eigenvalue weighted by Crippen LogP contribution is 2.71. The molecule has 2 saturated carbocycles. The highest BCUT2D eigenvalue weighted by molar-refractivity contribution is 5.16. The molecule has 0 N–H and O–H groups in total. The molecule has 3 rings (SSSR count). The summed E-state index contributed by atoms with van der Waals surface area (Å²) in [6, 6.07) is 0. The van der Waals surface area contributed by atoms with E-state index in [1.807, 2.05) is 0 Å². The molecule has 0 unspecified atom stereocenters. The maximum absolute atomic E-state index is 6.49. The third-order valence-corrected chi connectivity index (χ3v) is 7.50. The molecule has 0 aromatic carbocycles. The fraction of sp³-hybridized carbons (Fsp3) is 1.00. The van der Waals surface area contributed by atoms with E-state index in [1.54, 1.807) is 0 Å². The minimum Gasteiger partial charge on any atom is -0.349 e. The van der Waals surface area contributed by atoms with Gasteiger partial charge in [0.15, 0.2) is 6.29 Å². The van der Waals surface area contributed by atoms with Crippen LogP contribution in [0.2, 0.25) is 0 Å². The van der Waals surface area contributed by atoms with Gasteiger partial charge in [-0.3, -0.25) is 0 Å². The zero-order valence-corrected chi connectivity index (χ0v) is 15.4. The van der Waals surface area contributed by atoms with Gasteiger partial charge in [-0.2, -0.15) is 0 Å². The molecule has 0 radical (unpaired) electrons. The Bertz CT molecular complexity index is 391. The van der Waals surface area contributed by atoms with Gasteiger partial charge >= 0.3 is 0 Å². The Morgan fingerprint density at radius 3 is 2.55 bits per heavy atom. The van der Waals surface area contributed by atoms with E-state index in [9.17, 15) is 0 Å². The molecule has 1 aliphatic heterocycles. The molecule has 0 aromatic rings. The first-order valence-corrected chi connectivity index (χ1v) is 9.75. The number of hydrogen-bond acceptors (Lipinski definition) is 2. The highest BCUT2D eigenvalue weighted by atomic mass is 16.7. The largest absolute Gasteiger partial charge is 0.349 e. The van der Waals surface area contributed by atoms with Crippen molar-refractivity contribution in [3.8, 4) is 0 Å². The molecule has 3 fully saturated rings. The van der Waals surface area contributed by atoms with Crippen LogP contribution in [0.3, 0.4) is 0 Å². The van der Waals surface area contributed by atoms with Gasteiger partial charge in [-0.05, 0) is 48.3 Å². The first kappa shape index (κ1) is 16.8. The topological polar surface area (TPSA) is 18.5 Å². The molecule has 22 heavy (non-hydrogen) atoms. The van der Waals surface area contributed by atoms with Gasteiger partial charge in [0.25, 0.3) is 0 Å². The van der Waals surface area contributed by atoms with E-state index in [2.05, 4.69) is 34.6 Å². The van der Waals surface area contributed by atoms with Crippen LogP contribution >= 0.6 is 0 Å². The fourth-order valence-electron chi connectivity index (χ4n) is 5.82. The Kier molecular flexibility index (Phi) is 4.64. The summed E-state index contributed by atoms with van der Waals surface area (Å²) >= 11 is 0. The summed E-state index contributed by atoms with van der Waals surface area (Å²) in [6.45, 7) is 11.9. The van der Waals surface area contributed by atoms with Crippen molar-refractivity contribution in [1.82, 2.24) is 0 Å². The molecule has 6 atom stereocenters. The van der Waals surface area contributed by atoms with Gasteiger partial charge in [-0.25, -0.2) is 0 Å². The van der Waals surface area contributed by atoms with Gasteiger partial charge in [0.05, 0.1) is 12.2 Å². The van der Waals surface area contributed by atoms with Gasteiger partial charge < -0.3 is 9.47 Å². The monoisotopic (exact) mass is 308 g/mol. The summed E-state index contributed by atoms with van der Waals surface area (Å²) in [4.78, 5) is 0. The van der Waals surface area contributed by atoms with E-state index in [-0.39, 0.29) is 6.29 Å². The molecule has 1 heterocycles. The van der Waals surface area contributed by atoms with Crippen molar-refractivity contribution in [1.29, 1.82) is 0 Å². The summed E-state index contributed by atoms with van der Waals surface area (Å²) < 4.78 is 12.9. The van der Waals surface area contributed by atoms with E-state index in [0.717, 1.165) is 18.3 Å². The molecular weight excluding hydrogens is 272 g/mol. The maximum Gasteiger partial charge on any atom is 0.158 e. The molecule has 0 aromatic heterocycles. The fourth-order valence-corrected chi connectivity index (χ4v) is 5.82. The van der Waals surface area contributed by atoms with Gasteiger partial charge in [0, 0.05) is 6.42 Å². The second-order valence-corrected chi connectivity index (χ2v) is 8.86. The van der Waals surface area contributed by atoms with Crippen LogP contribution in [0, 0.1) is 22.7 Å². The van der Waals surface area contributed by atoms with Crippen molar-refractivity contribution < 1.29 is 9.47 Å². The summed E-state index contributed by atoms with van der Waals surface area (Å²) in [5.74, 6) is 1.59. The quantitative estimate of drug-likeness (QED) is 0.614. The number of hydrogen-bond donors (Lipinski definition) is 0. The Labute approximate surface area is 137 Å². The minimum absolute atomic E-state index is 0.0689. The SMILES string of the molecule is CCCC[C@H](CCC)O[C@H]1C[C@@H]2[C@H]3CC[C@@](C)([C@@H]2O1)C3(C)C. The second kappa shape index (κ2) is 6.09. The average molecular weight is 309 g/mol. The third-order valence-electron chi connectivity index (χ3n) is 7.50. The van der Waals surface area contributed by atoms with Crippen molar-refractivity contribution in [3.05, 3.63) is 0 Å². The smallest absolute Gasteiger partial charge is 0.158 e. The molecule has 3 aliphatic rings. The Morgan fingerprint density at radius 1 is 1.14 bits per heavy atom. The van der Waals surface area contributed by atoms with Gasteiger partial charge in [0.2, 0.25) is 0 Å². The normalized spacial score (nSPS) is 43.5. The van der Waals surface area contributed by atoms with Crippen molar-refractivity contribution in [3.63, 3.8) is 0 Å². The molecule has 0 amide bonds. The lowest BCUT2D eigenvalue weighted by Crippen LogP contribution is -2.38. The zero-order valence-electron chi connectivity index (χ0n) is 15.4. The van der Waals surface area contributed by atoms with Crippen LogP contribution in [0.5, 0.6) is 0 Å². The van der Waals surface area contributed by atoms with E-state index < -0.39 is 0 Å². The standard InChI is InChI=1S/C20H36O2/c1-6-8-10-14(9-7-2)21-17-13-15-16-11-12-20(5,18(15)22-17)19(16,3)4/h14-18H,6-13H2,1-5H3/t14-,15+,16+,17+,18+,20-/m0/s1. The Balaban J connectivity index is 1.62. The molecular formula is C20H36O2. The predicted octanol–water partition coefficient (Wildman–Crippen LogP) is 5.55. The lowest BCUT2D eigenvalue weighted by atomic mass is 9.70. The van der Waals surface area contributed by atoms with Crippen LogP contribution in [0.15, 0.2) is 0 Å². The Hall–Kier alpha value is -0.0800. The van der Waals surface area contributed by atoms with Gasteiger partial charge in [-0.1, -0.05) is 53.9 Å². The number of rotatable bonds is 7. The predicted molar refractivity (Wildman–Crippen MR) is 90.7 cm³/mol. The molecule has 1 saturated heterocycles. The number of fused-ring (bicyclic) bond motifs is 5. The van der Waals surface area contributed by atoms with E-state index in [1.165, 1.54) is 44.9 Å². The van der Waals surface area contributed by atoms with E-state index in [4.69, 9.17) is 9.47 Å². The zero-order chi connectivity index (χ0) is 16.0. The van der Waals surface area contributed by atoms with Crippen molar-refractivity contribution in [2.75, 3.05) is 0 Å². The van der Waals surface area contributed by atoms with Crippen LogP contribution in [0.1, 0.15) is 86.0 Å². The Morgan fingerprint density at radius 2 is 1.91 bits per heavy atom. The van der Waals surface area contributed by atoms with Crippen LogP contribution in [0.25, 0.3) is 0 Å². The van der Waals surface area contributed by atoms with Crippen LogP contribution in [0.4, 0.5) is 0 Å². The lowest BCUT2D eigenvalue weighted by molar-refractivity contribution is -0.188. The summed E-state index contributed by atoms with van der Waals surface area (Å²) in [5, 5.41) is 0. The molecule has 2 bridgehead atoms. The van der Waals surface area contributed by atoms with Crippen LogP contribution in [-0.2, 0) is 9.47 Å². The minimum atomic E-state index is 0.0689.